The van der Waals surface area contributed by atoms with Crippen LogP contribution in [0.3, 0.4) is 0 Å². The van der Waals surface area contributed by atoms with Crippen LogP contribution >= 0.6 is 0 Å². The first-order valence-electron chi connectivity index (χ1n) is 4.47. The first-order valence-corrected chi connectivity index (χ1v) is 4.47. The molecule has 14 heavy (non-hydrogen) atoms. The van der Waals surface area contributed by atoms with Crippen molar-refractivity contribution in [3.05, 3.63) is 36.0 Å². The van der Waals surface area contributed by atoms with E-state index in [1.54, 1.807) is 13.1 Å². The average molecular weight is 188 g/mol. The molecular formula is C11H12N2O. The maximum atomic E-state index is 10.8. The molecule has 0 aliphatic carbocycles. The van der Waals surface area contributed by atoms with Gasteiger partial charge in [0.05, 0.1) is 5.54 Å². The molecule has 0 aliphatic rings. The predicted octanol–water partition coefficient (Wildman–Crippen LogP) is 1.54. The molecule has 0 bridgehead atoms. The van der Waals surface area contributed by atoms with E-state index in [-0.39, 0.29) is 0 Å². The van der Waals surface area contributed by atoms with Gasteiger partial charge < -0.3 is 15.5 Å². The molecule has 1 atom stereocenters. The van der Waals surface area contributed by atoms with Gasteiger partial charge in [0.15, 0.2) is 0 Å². The standard InChI is InChI=1S/C11H12N2O/c1-11(12,7-14)9-6-13-10-5-3-2-4-8(9)10/h2-7,13H,12H2,1H3/t11-/m1/s1. The Morgan fingerprint density at radius 2 is 2.14 bits per heavy atom. The summed E-state index contributed by atoms with van der Waals surface area (Å²) >= 11 is 0. The van der Waals surface area contributed by atoms with E-state index in [2.05, 4.69) is 4.98 Å². The minimum atomic E-state index is -0.917. The van der Waals surface area contributed by atoms with E-state index >= 15 is 0 Å². The van der Waals surface area contributed by atoms with E-state index in [4.69, 9.17) is 5.73 Å². The van der Waals surface area contributed by atoms with E-state index in [9.17, 15) is 4.79 Å². The van der Waals surface area contributed by atoms with Crippen LogP contribution in [0.15, 0.2) is 30.5 Å². The fourth-order valence-corrected chi connectivity index (χ4v) is 1.58. The summed E-state index contributed by atoms with van der Waals surface area (Å²) in [7, 11) is 0. The van der Waals surface area contributed by atoms with Gasteiger partial charge in [-0.1, -0.05) is 18.2 Å². The van der Waals surface area contributed by atoms with Crippen LogP contribution in [0.2, 0.25) is 0 Å². The summed E-state index contributed by atoms with van der Waals surface area (Å²) in [5, 5.41) is 1.00. The zero-order chi connectivity index (χ0) is 10.2. The molecule has 0 unspecified atom stereocenters. The molecule has 0 saturated carbocycles. The van der Waals surface area contributed by atoms with Crippen LogP contribution in [-0.2, 0) is 10.3 Å². The highest BCUT2D eigenvalue weighted by molar-refractivity contribution is 5.87. The van der Waals surface area contributed by atoms with E-state index < -0.39 is 5.54 Å². The van der Waals surface area contributed by atoms with Gasteiger partial charge in [0.1, 0.15) is 6.29 Å². The van der Waals surface area contributed by atoms with Crippen molar-refractivity contribution in [2.45, 2.75) is 12.5 Å². The van der Waals surface area contributed by atoms with Crippen molar-refractivity contribution in [1.29, 1.82) is 0 Å². The minimum Gasteiger partial charge on any atom is -0.361 e. The quantitative estimate of drug-likeness (QED) is 0.702. The lowest BCUT2D eigenvalue weighted by Gasteiger charge is -2.15. The summed E-state index contributed by atoms with van der Waals surface area (Å²) < 4.78 is 0. The number of hydrogen-bond acceptors (Lipinski definition) is 2. The van der Waals surface area contributed by atoms with E-state index in [0.29, 0.717) is 0 Å². The molecule has 0 fully saturated rings. The minimum absolute atomic E-state index is 0.766. The number of aromatic nitrogens is 1. The van der Waals surface area contributed by atoms with Crippen LogP contribution in [0, 0.1) is 0 Å². The topological polar surface area (TPSA) is 58.9 Å². The summed E-state index contributed by atoms with van der Waals surface area (Å²) in [4.78, 5) is 13.9. The van der Waals surface area contributed by atoms with Crippen molar-refractivity contribution in [3.63, 3.8) is 0 Å². The SMILES string of the molecule is C[C@@](N)(C=O)c1c[nH]c2ccccc12. The number of hydrogen-bond donors (Lipinski definition) is 2. The third-order valence-corrected chi connectivity index (χ3v) is 2.41. The van der Waals surface area contributed by atoms with Crippen molar-refractivity contribution in [1.82, 2.24) is 4.98 Å². The van der Waals surface area contributed by atoms with Gasteiger partial charge in [0.2, 0.25) is 0 Å². The smallest absolute Gasteiger partial charge is 0.144 e. The molecule has 1 aromatic heterocycles. The van der Waals surface area contributed by atoms with Crippen LogP contribution < -0.4 is 5.73 Å². The van der Waals surface area contributed by atoms with Crippen molar-refractivity contribution < 1.29 is 4.79 Å². The first kappa shape index (κ1) is 8.97. The van der Waals surface area contributed by atoms with Gasteiger partial charge in [0, 0.05) is 22.7 Å². The third-order valence-electron chi connectivity index (χ3n) is 2.41. The first-order chi connectivity index (χ1) is 6.65. The molecule has 1 aromatic carbocycles. The Morgan fingerprint density at radius 1 is 1.43 bits per heavy atom. The Balaban J connectivity index is 2.70. The molecule has 2 rings (SSSR count). The van der Waals surface area contributed by atoms with Crippen molar-refractivity contribution in [3.8, 4) is 0 Å². The highest BCUT2D eigenvalue weighted by Crippen LogP contribution is 2.25. The summed E-state index contributed by atoms with van der Waals surface area (Å²) in [6.45, 7) is 1.70. The number of aromatic amines is 1. The van der Waals surface area contributed by atoms with Crippen molar-refractivity contribution >= 4 is 17.2 Å². The van der Waals surface area contributed by atoms with Crippen LogP contribution in [-0.4, -0.2) is 11.3 Å². The zero-order valence-electron chi connectivity index (χ0n) is 7.95. The van der Waals surface area contributed by atoms with Crippen LogP contribution in [0.4, 0.5) is 0 Å². The van der Waals surface area contributed by atoms with Gasteiger partial charge in [-0.05, 0) is 13.0 Å². The number of para-hydroxylation sites is 1. The van der Waals surface area contributed by atoms with Crippen LogP contribution in [0.1, 0.15) is 12.5 Å². The summed E-state index contributed by atoms with van der Waals surface area (Å²) in [5.74, 6) is 0. The Morgan fingerprint density at radius 3 is 2.86 bits per heavy atom. The van der Waals surface area contributed by atoms with Crippen LogP contribution in [0.25, 0.3) is 10.9 Å². The lowest BCUT2D eigenvalue weighted by molar-refractivity contribution is -0.111. The number of carbonyl (C=O) groups excluding carboxylic acids is 1. The Bertz CT molecular complexity index is 471. The molecule has 0 aliphatic heterocycles. The van der Waals surface area contributed by atoms with Gasteiger partial charge in [-0.3, -0.25) is 0 Å². The maximum absolute atomic E-state index is 10.8. The van der Waals surface area contributed by atoms with Gasteiger partial charge in [-0.2, -0.15) is 0 Å². The second-order valence-corrected chi connectivity index (χ2v) is 3.65. The number of carbonyl (C=O) groups is 1. The van der Waals surface area contributed by atoms with Crippen molar-refractivity contribution in [2.24, 2.45) is 5.73 Å². The highest BCUT2D eigenvalue weighted by atomic mass is 16.1. The molecule has 2 aromatic rings. The summed E-state index contributed by atoms with van der Waals surface area (Å²) in [5.41, 5.74) is 6.78. The van der Waals surface area contributed by atoms with Crippen LogP contribution in [0.5, 0.6) is 0 Å². The largest absolute Gasteiger partial charge is 0.361 e. The van der Waals surface area contributed by atoms with Gasteiger partial charge in [-0.15, -0.1) is 0 Å². The summed E-state index contributed by atoms with van der Waals surface area (Å²) in [6, 6.07) is 7.79. The summed E-state index contributed by atoms with van der Waals surface area (Å²) in [6.07, 6.45) is 2.56. The fourth-order valence-electron chi connectivity index (χ4n) is 1.58. The van der Waals surface area contributed by atoms with Gasteiger partial charge in [0.25, 0.3) is 0 Å². The number of nitrogens with two attached hydrogens (primary N) is 1. The molecule has 0 radical (unpaired) electrons. The van der Waals surface area contributed by atoms with E-state index in [1.165, 1.54) is 0 Å². The molecule has 1 heterocycles. The second-order valence-electron chi connectivity index (χ2n) is 3.65. The zero-order valence-corrected chi connectivity index (χ0v) is 7.95. The van der Waals surface area contributed by atoms with Crippen molar-refractivity contribution in [2.75, 3.05) is 0 Å². The molecule has 0 spiro atoms. The second kappa shape index (κ2) is 2.96. The molecule has 3 N–H and O–H groups in total. The average Bonchev–Trinajstić information content (AvgIpc) is 2.61. The lowest BCUT2D eigenvalue weighted by atomic mass is 9.95. The highest BCUT2D eigenvalue weighted by Gasteiger charge is 2.23. The number of benzene rings is 1. The monoisotopic (exact) mass is 188 g/mol. The Kier molecular flexibility index (Phi) is 1.89. The van der Waals surface area contributed by atoms with E-state index in [1.807, 2.05) is 24.3 Å². The van der Waals surface area contributed by atoms with Gasteiger partial charge >= 0.3 is 0 Å². The van der Waals surface area contributed by atoms with Gasteiger partial charge in [-0.25, -0.2) is 0 Å². The Labute approximate surface area is 81.9 Å². The maximum Gasteiger partial charge on any atom is 0.144 e. The molecule has 3 heteroatoms. The fraction of sp³-hybridized carbons (Fsp3) is 0.182. The molecule has 0 saturated heterocycles. The predicted molar refractivity (Wildman–Crippen MR) is 55.9 cm³/mol. The number of nitrogens with one attached hydrogen (secondary N) is 1. The lowest BCUT2D eigenvalue weighted by Crippen LogP contribution is -2.34. The number of fused-ring (bicyclic) bond motifs is 1. The normalized spacial score (nSPS) is 15.3. The number of H-pyrrole nitrogens is 1. The number of rotatable bonds is 2. The molecule has 3 nitrogen and oxygen atoms in total. The molecule has 72 valence electrons. The molecule has 0 amide bonds. The number of aldehydes is 1. The Hall–Kier alpha value is -1.61. The third kappa shape index (κ3) is 1.22. The molecular weight excluding hydrogens is 176 g/mol. The van der Waals surface area contributed by atoms with E-state index in [0.717, 1.165) is 22.8 Å².